The second-order valence-corrected chi connectivity index (χ2v) is 6.31. The molecule has 0 unspecified atom stereocenters. The van der Waals surface area contributed by atoms with Gasteiger partial charge >= 0.3 is 0 Å². The molecule has 0 amide bonds. The summed E-state index contributed by atoms with van der Waals surface area (Å²) in [7, 11) is 1.90. The second-order valence-electron chi connectivity index (χ2n) is 5.11. The number of anilines is 1. The first kappa shape index (κ1) is 14.2. The van der Waals surface area contributed by atoms with Crippen molar-refractivity contribution < 1.29 is 4.74 Å². The van der Waals surface area contributed by atoms with Gasteiger partial charge in [-0.3, -0.25) is 0 Å². The van der Waals surface area contributed by atoms with Gasteiger partial charge in [-0.05, 0) is 25.3 Å². The summed E-state index contributed by atoms with van der Waals surface area (Å²) in [5.74, 6) is 2.17. The molecule has 2 rings (SSSR count). The highest BCUT2D eigenvalue weighted by Crippen LogP contribution is 2.33. The third-order valence-electron chi connectivity index (χ3n) is 2.99. The summed E-state index contributed by atoms with van der Waals surface area (Å²) in [5.41, 5.74) is 1.26. The minimum atomic E-state index is 0.471. The summed E-state index contributed by atoms with van der Waals surface area (Å²) >= 11 is 1.72. The molecule has 0 radical (unpaired) electrons. The molecule has 2 aromatic heterocycles. The third-order valence-corrected chi connectivity index (χ3v) is 4.10. The van der Waals surface area contributed by atoms with Crippen LogP contribution >= 0.6 is 11.3 Å². The van der Waals surface area contributed by atoms with Gasteiger partial charge in [0.25, 0.3) is 0 Å². The van der Waals surface area contributed by atoms with Crippen molar-refractivity contribution in [3.63, 3.8) is 0 Å². The summed E-state index contributed by atoms with van der Waals surface area (Å²) in [6.45, 7) is 9.71. The number of aryl methyl sites for hydroxylation is 2. The van der Waals surface area contributed by atoms with Crippen molar-refractivity contribution in [3.8, 4) is 0 Å². The van der Waals surface area contributed by atoms with Crippen LogP contribution in [0.15, 0.2) is 0 Å². The average molecular weight is 279 g/mol. The number of nitrogens with one attached hydrogen (secondary N) is 1. The third kappa shape index (κ3) is 3.04. The maximum Gasteiger partial charge on any atom is 0.158 e. The van der Waals surface area contributed by atoms with E-state index in [1.807, 2.05) is 7.05 Å². The Hall–Kier alpha value is -1.20. The molecule has 0 spiro atoms. The Kier molecular flexibility index (Phi) is 4.37. The first-order valence-corrected chi connectivity index (χ1v) is 7.36. The molecule has 4 nitrogen and oxygen atoms in total. The molecule has 0 saturated heterocycles. The largest absolute Gasteiger partial charge is 0.373 e. The normalized spacial score (nSPS) is 11.5. The summed E-state index contributed by atoms with van der Waals surface area (Å²) in [6.07, 6.45) is 0. The Morgan fingerprint density at radius 3 is 2.63 bits per heavy atom. The zero-order valence-corrected chi connectivity index (χ0v) is 13.0. The molecule has 0 atom stereocenters. The molecule has 19 heavy (non-hydrogen) atoms. The Bertz CT molecular complexity index is 578. The van der Waals surface area contributed by atoms with Gasteiger partial charge in [0.05, 0.1) is 5.39 Å². The van der Waals surface area contributed by atoms with Crippen LogP contribution in [0.1, 0.15) is 30.1 Å². The van der Waals surface area contributed by atoms with E-state index >= 15 is 0 Å². The molecule has 5 heteroatoms. The molecule has 0 fully saturated rings. The van der Waals surface area contributed by atoms with Gasteiger partial charge in [0, 0.05) is 18.5 Å². The van der Waals surface area contributed by atoms with Gasteiger partial charge in [-0.1, -0.05) is 13.8 Å². The van der Waals surface area contributed by atoms with E-state index in [-0.39, 0.29) is 0 Å². The van der Waals surface area contributed by atoms with Gasteiger partial charge in [-0.2, -0.15) is 0 Å². The summed E-state index contributed by atoms with van der Waals surface area (Å²) < 4.78 is 5.62. The highest BCUT2D eigenvalue weighted by atomic mass is 32.1. The van der Waals surface area contributed by atoms with Crippen molar-refractivity contribution in [2.45, 2.75) is 34.3 Å². The minimum absolute atomic E-state index is 0.471. The molecule has 0 aliphatic rings. The Balaban J connectivity index is 2.32. The van der Waals surface area contributed by atoms with Crippen molar-refractivity contribution in [3.05, 3.63) is 16.3 Å². The van der Waals surface area contributed by atoms with Crippen molar-refractivity contribution >= 4 is 27.4 Å². The van der Waals surface area contributed by atoms with Crippen LogP contribution in [-0.4, -0.2) is 23.6 Å². The van der Waals surface area contributed by atoms with E-state index < -0.39 is 0 Å². The van der Waals surface area contributed by atoms with Crippen molar-refractivity contribution in [2.75, 3.05) is 19.0 Å². The van der Waals surface area contributed by atoms with Crippen LogP contribution in [-0.2, 0) is 11.3 Å². The van der Waals surface area contributed by atoms with Crippen LogP contribution in [0.25, 0.3) is 10.2 Å². The molecule has 0 aliphatic carbocycles. The molecule has 2 aromatic rings. The van der Waals surface area contributed by atoms with Crippen LogP contribution in [0.5, 0.6) is 0 Å². The molecule has 1 N–H and O–H groups in total. The first-order valence-electron chi connectivity index (χ1n) is 6.55. The Morgan fingerprint density at radius 2 is 2.00 bits per heavy atom. The van der Waals surface area contributed by atoms with Gasteiger partial charge in [-0.25, -0.2) is 9.97 Å². The highest BCUT2D eigenvalue weighted by Gasteiger charge is 2.13. The van der Waals surface area contributed by atoms with Crippen LogP contribution in [0, 0.1) is 19.8 Å². The fourth-order valence-corrected chi connectivity index (χ4v) is 2.97. The number of ether oxygens (including phenoxy) is 1. The lowest BCUT2D eigenvalue weighted by atomic mass is 10.2. The molecule has 2 heterocycles. The molecule has 0 bridgehead atoms. The fraction of sp³-hybridized carbons (Fsp3) is 0.571. The lowest BCUT2D eigenvalue weighted by molar-refractivity contribution is 0.0926. The van der Waals surface area contributed by atoms with Crippen LogP contribution in [0.2, 0.25) is 0 Å². The minimum Gasteiger partial charge on any atom is -0.373 e. The Labute approximate surface area is 118 Å². The van der Waals surface area contributed by atoms with E-state index in [9.17, 15) is 0 Å². The molecular formula is C14H21N3OS. The monoisotopic (exact) mass is 279 g/mol. The lowest BCUT2D eigenvalue weighted by Gasteiger charge is -2.08. The van der Waals surface area contributed by atoms with E-state index in [2.05, 4.69) is 43.0 Å². The van der Waals surface area contributed by atoms with Crippen LogP contribution < -0.4 is 5.32 Å². The van der Waals surface area contributed by atoms with Crippen molar-refractivity contribution in [1.82, 2.24) is 9.97 Å². The molecular weight excluding hydrogens is 258 g/mol. The lowest BCUT2D eigenvalue weighted by Crippen LogP contribution is -2.06. The number of hydrogen-bond donors (Lipinski definition) is 1. The number of nitrogens with zero attached hydrogens (tertiary/aromatic N) is 2. The molecule has 0 saturated carbocycles. The van der Waals surface area contributed by atoms with Crippen LogP contribution in [0.3, 0.4) is 0 Å². The number of thiophene rings is 1. The van der Waals surface area contributed by atoms with Gasteiger partial charge in [-0.15, -0.1) is 11.3 Å². The number of fused-ring (bicyclic) bond motifs is 1. The van der Waals surface area contributed by atoms with E-state index in [4.69, 9.17) is 4.74 Å². The van der Waals surface area contributed by atoms with Crippen molar-refractivity contribution in [1.29, 1.82) is 0 Å². The first-order chi connectivity index (χ1) is 9.02. The van der Waals surface area contributed by atoms with Crippen molar-refractivity contribution in [2.24, 2.45) is 5.92 Å². The molecule has 0 aromatic carbocycles. The number of aromatic nitrogens is 2. The maximum absolute atomic E-state index is 5.62. The van der Waals surface area contributed by atoms with E-state index in [1.54, 1.807) is 11.3 Å². The van der Waals surface area contributed by atoms with Gasteiger partial charge < -0.3 is 10.1 Å². The smallest absolute Gasteiger partial charge is 0.158 e. The van der Waals surface area contributed by atoms with Gasteiger partial charge in [0.15, 0.2) is 5.82 Å². The second kappa shape index (κ2) is 5.84. The highest BCUT2D eigenvalue weighted by molar-refractivity contribution is 7.18. The van der Waals surface area contributed by atoms with Gasteiger partial charge in [0.1, 0.15) is 17.3 Å². The van der Waals surface area contributed by atoms with E-state index in [1.165, 1.54) is 10.4 Å². The zero-order valence-electron chi connectivity index (χ0n) is 12.2. The molecule has 104 valence electrons. The summed E-state index contributed by atoms with van der Waals surface area (Å²) in [5, 5.41) is 4.30. The summed E-state index contributed by atoms with van der Waals surface area (Å²) in [6, 6.07) is 0. The topological polar surface area (TPSA) is 47.0 Å². The van der Waals surface area contributed by atoms with E-state index in [0.717, 1.165) is 28.5 Å². The average Bonchev–Trinajstić information content (AvgIpc) is 2.64. The van der Waals surface area contributed by atoms with Gasteiger partial charge in [0.2, 0.25) is 0 Å². The standard InChI is InChI=1S/C14H21N3OS/c1-8(2)6-18-7-11-16-13(15-5)12-9(3)10(4)19-14(12)17-11/h8H,6-7H2,1-5H3,(H,15,16,17). The fourth-order valence-electron chi connectivity index (χ4n) is 1.93. The zero-order chi connectivity index (χ0) is 14.0. The van der Waals surface area contributed by atoms with Crippen LogP contribution in [0.4, 0.5) is 5.82 Å². The quantitative estimate of drug-likeness (QED) is 0.909. The maximum atomic E-state index is 5.62. The Morgan fingerprint density at radius 1 is 1.26 bits per heavy atom. The number of hydrogen-bond acceptors (Lipinski definition) is 5. The van der Waals surface area contributed by atoms with E-state index in [0.29, 0.717) is 12.5 Å². The summed E-state index contributed by atoms with van der Waals surface area (Å²) in [4.78, 5) is 11.5. The number of rotatable bonds is 5. The predicted octanol–water partition coefficient (Wildman–Crippen LogP) is 3.52. The predicted molar refractivity (Wildman–Crippen MR) is 80.9 cm³/mol. The molecule has 0 aliphatic heterocycles. The SMILES string of the molecule is CNc1nc(COCC(C)C)nc2sc(C)c(C)c12.